The zero-order valence-electron chi connectivity index (χ0n) is 13.6. The Kier molecular flexibility index (Phi) is 4.46. The molecule has 0 aliphatic rings. The number of para-hydroxylation sites is 2. The van der Waals surface area contributed by atoms with E-state index >= 15 is 0 Å². The van der Waals surface area contributed by atoms with E-state index < -0.39 is 14.5 Å². The standard InChI is InChI=1S/C18H12N4O2SSe/c1-11(23)19-18-22(12-7-3-2-4-8-12)21-17(26-18)15(24)16-20-13-9-5-6-10-14(13)25-16/h2-10H,1H3. The normalized spacial score (nSPS) is 11.8. The molecule has 0 saturated heterocycles. The molecule has 0 spiro atoms. The van der Waals surface area contributed by atoms with Gasteiger partial charge in [0, 0.05) is 0 Å². The monoisotopic (exact) mass is 428 g/mol. The molecule has 0 radical (unpaired) electrons. The Labute approximate surface area is 158 Å². The summed E-state index contributed by atoms with van der Waals surface area (Å²) in [7, 11) is 0. The van der Waals surface area contributed by atoms with Gasteiger partial charge in [0.15, 0.2) is 0 Å². The Morgan fingerprint density at radius 1 is 1.08 bits per heavy atom. The molecule has 0 atom stereocenters. The van der Waals surface area contributed by atoms with Crippen molar-refractivity contribution in [2.45, 2.75) is 6.92 Å². The van der Waals surface area contributed by atoms with Crippen LogP contribution in [0.2, 0.25) is 0 Å². The Balaban J connectivity index is 1.83. The van der Waals surface area contributed by atoms with Gasteiger partial charge in [-0.1, -0.05) is 0 Å². The number of hydrogen-bond acceptors (Lipinski definition) is 5. The summed E-state index contributed by atoms with van der Waals surface area (Å²) in [6.45, 7) is 1.39. The van der Waals surface area contributed by atoms with Crippen LogP contribution in [-0.4, -0.2) is 41.0 Å². The van der Waals surface area contributed by atoms with E-state index in [0.717, 1.165) is 15.9 Å². The van der Waals surface area contributed by atoms with Gasteiger partial charge < -0.3 is 0 Å². The first-order chi connectivity index (χ1) is 12.6. The van der Waals surface area contributed by atoms with Crippen LogP contribution in [0.1, 0.15) is 21.3 Å². The van der Waals surface area contributed by atoms with Crippen LogP contribution in [0.4, 0.5) is 0 Å². The molecule has 0 unspecified atom stereocenters. The van der Waals surface area contributed by atoms with Crippen LogP contribution in [0, 0.1) is 0 Å². The molecule has 128 valence electrons. The predicted octanol–water partition coefficient (Wildman–Crippen LogP) is 2.22. The van der Waals surface area contributed by atoms with Gasteiger partial charge >= 0.3 is 158 Å². The summed E-state index contributed by atoms with van der Waals surface area (Å²) in [5.74, 6) is -0.521. The van der Waals surface area contributed by atoms with Crippen molar-refractivity contribution in [1.82, 2.24) is 14.8 Å². The molecule has 4 aromatic rings. The van der Waals surface area contributed by atoms with E-state index in [1.807, 2.05) is 54.6 Å². The minimum atomic E-state index is -0.462. The van der Waals surface area contributed by atoms with Gasteiger partial charge in [-0.05, 0) is 0 Å². The van der Waals surface area contributed by atoms with Crippen LogP contribution < -0.4 is 4.36 Å². The summed E-state index contributed by atoms with van der Waals surface area (Å²) in [6, 6.07) is 17.0. The summed E-state index contributed by atoms with van der Waals surface area (Å²) in [4.78, 5) is 32.8. The number of hydrogen-bond donors (Lipinski definition) is 0. The summed E-state index contributed by atoms with van der Waals surface area (Å²) in [6.07, 6.45) is 0. The topological polar surface area (TPSA) is 77.2 Å². The number of aromatic nitrogens is 3. The number of rotatable bonds is 3. The van der Waals surface area contributed by atoms with Crippen LogP contribution in [0.5, 0.6) is 0 Å². The van der Waals surface area contributed by atoms with E-state index in [2.05, 4.69) is 15.1 Å². The van der Waals surface area contributed by atoms with Crippen molar-refractivity contribution in [2.24, 2.45) is 4.99 Å². The Morgan fingerprint density at radius 2 is 1.81 bits per heavy atom. The second-order valence-electron chi connectivity index (χ2n) is 5.38. The zero-order valence-corrected chi connectivity index (χ0v) is 16.1. The van der Waals surface area contributed by atoms with E-state index in [9.17, 15) is 9.59 Å². The molecule has 1 amide bonds. The molecule has 2 aromatic carbocycles. The molecule has 8 heteroatoms. The summed E-state index contributed by atoms with van der Waals surface area (Å²) >= 11 is 0.886. The third-order valence-electron chi connectivity index (χ3n) is 3.50. The first kappa shape index (κ1) is 16.8. The first-order valence-corrected chi connectivity index (χ1v) is 10.3. The predicted molar refractivity (Wildman–Crippen MR) is 99.8 cm³/mol. The number of thiazole rings is 1. The van der Waals surface area contributed by atoms with Crippen molar-refractivity contribution in [3.63, 3.8) is 0 Å². The van der Waals surface area contributed by atoms with Gasteiger partial charge in [-0.15, -0.1) is 0 Å². The van der Waals surface area contributed by atoms with E-state index in [-0.39, 0.29) is 11.7 Å². The number of amides is 1. The van der Waals surface area contributed by atoms with Gasteiger partial charge in [0.25, 0.3) is 0 Å². The molecular weight excluding hydrogens is 415 g/mol. The number of ketones is 1. The third-order valence-corrected chi connectivity index (χ3v) is 6.43. The number of nitrogens with zero attached hydrogens (tertiary/aromatic N) is 4. The van der Waals surface area contributed by atoms with Gasteiger partial charge in [-0.2, -0.15) is 0 Å². The van der Waals surface area contributed by atoms with Gasteiger partial charge in [-0.25, -0.2) is 0 Å². The minimum absolute atomic E-state index is 0.208. The maximum atomic E-state index is 12.9. The molecule has 26 heavy (non-hydrogen) atoms. The Bertz CT molecular complexity index is 1160. The van der Waals surface area contributed by atoms with Crippen LogP contribution in [-0.2, 0) is 4.79 Å². The molecule has 6 nitrogen and oxygen atoms in total. The maximum absolute atomic E-state index is 12.9. The van der Waals surface area contributed by atoms with Crippen molar-refractivity contribution in [3.05, 3.63) is 68.5 Å². The van der Waals surface area contributed by atoms with Crippen molar-refractivity contribution >= 4 is 47.7 Å². The molecule has 2 aromatic heterocycles. The van der Waals surface area contributed by atoms with Crippen molar-refractivity contribution in [2.75, 3.05) is 0 Å². The van der Waals surface area contributed by atoms with Gasteiger partial charge in [-0.3, -0.25) is 0 Å². The van der Waals surface area contributed by atoms with Crippen LogP contribution in [0.3, 0.4) is 0 Å². The number of benzene rings is 2. The third kappa shape index (κ3) is 3.22. The van der Waals surface area contributed by atoms with Crippen LogP contribution in [0.15, 0.2) is 59.6 Å². The average molecular weight is 427 g/mol. The molecule has 0 aliphatic carbocycles. The van der Waals surface area contributed by atoms with E-state index in [4.69, 9.17) is 0 Å². The Morgan fingerprint density at radius 3 is 2.54 bits per heavy atom. The van der Waals surface area contributed by atoms with Crippen LogP contribution >= 0.6 is 11.3 Å². The quantitative estimate of drug-likeness (QED) is 0.371. The van der Waals surface area contributed by atoms with Crippen molar-refractivity contribution in [3.8, 4) is 5.69 Å². The molecule has 0 fully saturated rings. The van der Waals surface area contributed by atoms with Crippen molar-refractivity contribution in [1.29, 1.82) is 0 Å². The van der Waals surface area contributed by atoms with Gasteiger partial charge in [0.2, 0.25) is 0 Å². The second kappa shape index (κ2) is 6.91. The van der Waals surface area contributed by atoms with Gasteiger partial charge in [0.05, 0.1) is 0 Å². The SMILES string of the molecule is CC(=O)N=c1[se]c(C(=O)c2nc3ccccc3s2)nn1-c1ccccc1. The van der Waals surface area contributed by atoms with E-state index in [1.165, 1.54) is 18.3 Å². The number of carbonyl (C=O) groups is 2. The summed E-state index contributed by atoms with van der Waals surface area (Å²) in [5, 5.41) is 4.86. The van der Waals surface area contributed by atoms with Gasteiger partial charge in [0.1, 0.15) is 0 Å². The number of carbonyl (C=O) groups excluding carboxylic acids is 2. The Hall–Kier alpha value is -2.67. The average Bonchev–Trinajstić information content (AvgIpc) is 3.25. The first-order valence-electron chi connectivity index (χ1n) is 7.73. The van der Waals surface area contributed by atoms with E-state index in [0.29, 0.717) is 13.9 Å². The molecule has 0 N–H and O–H groups in total. The summed E-state index contributed by atoms with van der Waals surface area (Å²) < 4.78 is 3.42. The van der Waals surface area contributed by atoms with E-state index in [1.54, 1.807) is 4.68 Å². The molecule has 0 bridgehead atoms. The fraction of sp³-hybridized carbons (Fsp3) is 0.0556. The zero-order chi connectivity index (χ0) is 18.1. The fourth-order valence-electron chi connectivity index (χ4n) is 2.38. The fourth-order valence-corrected chi connectivity index (χ4v) is 5.30. The molecule has 4 rings (SSSR count). The summed E-state index contributed by atoms with van der Waals surface area (Å²) in [5.41, 5.74) is 1.56. The number of fused-ring (bicyclic) bond motifs is 1. The second-order valence-corrected chi connectivity index (χ2v) is 8.42. The molecule has 0 saturated carbocycles. The van der Waals surface area contributed by atoms with Crippen LogP contribution in [0.25, 0.3) is 15.9 Å². The molecule has 0 aliphatic heterocycles. The van der Waals surface area contributed by atoms with Crippen molar-refractivity contribution < 1.29 is 9.59 Å². The molecular formula is C18H12N4O2SSe. The molecule has 2 heterocycles.